The number of rotatable bonds is 3. The monoisotopic (exact) mass is 219 g/mol. The number of pyridine rings is 1. The van der Waals surface area contributed by atoms with Crippen molar-refractivity contribution >= 4 is 5.78 Å². The van der Waals surface area contributed by atoms with Crippen LogP contribution in [0.25, 0.3) is 0 Å². The zero-order valence-electron chi connectivity index (χ0n) is 10.8. The van der Waals surface area contributed by atoms with Gasteiger partial charge in [0.05, 0.1) is 0 Å². The van der Waals surface area contributed by atoms with E-state index in [0.717, 1.165) is 5.57 Å². The van der Waals surface area contributed by atoms with Gasteiger partial charge in [0.15, 0.2) is 5.78 Å². The van der Waals surface area contributed by atoms with Crippen molar-refractivity contribution in [3.8, 4) is 0 Å². The maximum absolute atomic E-state index is 11.8. The van der Waals surface area contributed by atoms with Crippen molar-refractivity contribution in [1.82, 2.24) is 4.98 Å². The van der Waals surface area contributed by atoms with E-state index < -0.39 is 0 Å². The number of nitrogens with zero attached hydrogens (tertiary/aromatic N) is 1. The summed E-state index contributed by atoms with van der Waals surface area (Å²) in [6, 6.07) is 3.58. The number of allylic oxidation sites excluding steroid dienone is 2. The van der Waals surface area contributed by atoms with E-state index >= 15 is 0 Å². The largest absolute Gasteiger partial charge is 0.293 e. The molecule has 1 aromatic rings. The highest BCUT2D eigenvalue weighted by Gasteiger charge is 2.12. The summed E-state index contributed by atoms with van der Waals surface area (Å²) in [5.74, 6) is 0.0588. The summed E-state index contributed by atoms with van der Waals surface area (Å²) in [7, 11) is 0. The van der Waals surface area contributed by atoms with Crippen molar-refractivity contribution in [1.29, 1.82) is 0 Å². The second-order valence-electron chi connectivity index (χ2n) is 3.64. The van der Waals surface area contributed by atoms with Crippen LogP contribution in [-0.2, 0) is 0 Å². The van der Waals surface area contributed by atoms with Crippen LogP contribution < -0.4 is 0 Å². The lowest BCUT2D eigenvalue weighted by Gasteiger charge is -2.05. The molecule has 0 aliphatic rings. The van der Waals surface area contributed by atoms with E-state index in [1.165, 1.54) is 0 Å². The first-order valence-corrected chi connectivity index (χ1v) is 5.70. The molecule has 1 atom stereocenters. The molecule has 1 rings (SSSR count). The number of hydrogen-bond donors (Lipinski definition) is 0. The Morgan fingerprint density at radius 2 is 2.00 bits per heavy atom. The van der Waals surface area contributed by atoms with Gasteiger partial charge in [-0.25, -0.2) is 0 Å². The number of hydrogen-bond acceptors (Lipinski definition) is 2. The number of aromatic nitrogens is 1. The third kappa shape index (κ3) is 4.87. The molecule has 0 aromatic carbocycles. The highest BCUT2D eigenvalue weighted by atomic mass is 16.1. The molecule has 0 saturated carbocycles. The maximum atomic E-state index is 11.8. The van der Waals surface area contributed by atoms with Gasteiger partial charge in [0.1, 0.15) is 0 Å². The summed E-state index contributed by atoms with van der Waals surface area (Å²) in [6.07, 6.45) is 5.25. The lowest BCUT2D eigenvalue weighted by atomic mass is 9.99. The van der Waals surface area contributed by atoms with Crippen LogP contribution in [0.5, 0.6) is 0 Å². The van der Waals surface area contributed by atoms with Crippen molar-refractivity contribution < 1.29 is 4.79 Å². The molecule has 0 N–H and O–H groups in total. The Morgan fingerprint density at radius 1 is 1.38 bits per heavy atom. The molecule has 0 saturated heterocycles. The predicted molar refractivity (Wildman–Crippen MR) is 68.5 cm³/mol. The van der Waals surface area contributed by atoms with Gasteiger partial charge in [-0.1, -0.05) is 32.4 Å². The smallest absolute Gasteiger partial charge is 0.170 e. The minimum Gasteiger partial charge on any atom is -0.293 e. The molecule has 0 unspecified atom stereocenters. The Balaban J connectivity index is 0.00000106. The standard InChI is InChI=1S/C12H15NO.C2H6/c1-9(2)7-10(3)12(14)11-5-4-6-13-8-11;1-2/h4-8,10H,1-3H3;1-2H3/t10-;/m1./s1. The summed E-state index contributed by atoms with van der Waals surface area (Å²) < 4.78 is 0. The summed E-state index contributed by atoms with van der Waals surface area (Å²) in [5, 5.41) is 0. The van der Waals surface area contributed by atoms with E-state index in [9.17, 15) is 4.79 Å². The molecule has 0 amide bonds. The first-order valence-electron chi connectivity index (χ1n) is 5.70. The van der Waals surface area contributed by atoms with E-state index in [4.69, 9.17) is 0 Å². The summed E-state index contributed by atoms with van der Waals surface area (Å²) >= 11 is 0. The Kier molecular flexibility index (Phi) is 7.10. The molecule has 0 aliphatic carbocycles. The average molecular weight is 219 g/mol. The highest BCUT2D eigenvalue weighted by molar-refractivity contribution is 5.98. The SMILES string of the molecule is CC.CC(C)=C[C@@H](C)C(=O)c1cccnc1. The summed E-state index contributed by atoms with van der Waals surface area (Å²) in [6.45, 7) is 9.89. The zero-order valence-corrected chi connectivity index (χ0v) is 10.8. The fourth-order valence-corrected chi connectivity index (χ4v) is 1.35. The Bertz CT molecular complexity index is 337. The predicted octanol–water partition coefficient (Wildman–Crippen LogP) is 3.89. The Morgan fingerprint density at radius 3 is 2.44 bits per heavy atom. The van der Waals surface area contributed by atoms with Crippen LogP contribution in [0.1, 0.15) is 45.0 Å². The van der Waals surface area contributed by atoms with Crippen LogP contribution in [0.15, 0.2) is 36.2 Å². The number of carbonyl (C=O) groups excluding carboxylic acids is 1. The van der Waals surface area contributed by atoms with Gasteiger partial charge < -0.3 is 0 Å². The van der Waals surface area contributed by atoms with Crippen LogP contribution in [0.3, 0.4) is 0 Å². The van der Waals surface area contributed by atoms with Crippen LogP contribution in [0, 0.1) is 5.92 Å². The van der Waals surface area contributed by atoms with Crippen molar-refractivity contribution in [2.24, 2.45) is 5.92 Å². The topological polar surface area (TPSA) is 30.0 Å². The molecule has 2 heteroatoms. The fourth-order valence-electron chi connectivity index (χ4n) is 1.35. The molecule has 0 fully saturated rings. The van der Waals surface area contributed by atoms with E-state index in [-0.39, 0.29) is 11.7 Å². The molecule has 0 bridgehead atoms. The first-order chi connectivity index (χ1) is 7.61. The van der Waals surface area contributed by atoms with Gasteiger partial charge in [-0.3, -0.25) is 9.78 Å². The number of ketones is 1. The Hall–Kier alpha value is -1.44. The molecule has 1 heterocycles. The van der Waals surface area contributed by atoms with Gasteiger partial charge in [-0.05, 0) is 26.0 Å². The summed E-state index contributed by atoms with van der Waals surface area (Å²) in [5.41, 5.74) is 1.84. The molecule has 1 aromatic heterocycles. The fraction of sp³-hybridized carbons (Fsp3) is 0.429. The summed E-state index contributed by atoms with van der Waals surface area (Å²) in [4.78, 5) is 15.7. The van der Waals surface area contributed by atoms with Crippen LogP contribution in [0.2, 0.25) is 0 Å². The third-order valence-electron chi connectivity index (χ3n) is 1.94. The lowest BCUT2D eigenvalue weighted by molar-refractivity contribution is 0.0952. The van der Waals surface area contributed by atoms with E-state index in [2.05, 4.69) is 4.98 Å². The zero-order chi connectivity index (χ0) is 12.6. The van der Waals surface area contributed by atoms with Crippen molar-refractivity contribution in [2.75, 3.05) is 0 Å². The van der Waals surface area contributed by atoms with Crippen LogP contribution in [-0.4, -0.2) is 10.8 Å². The number of Topliss-reactive ketones (excluding diaryl/α,β-unsaturated/α-hetero) is 1. The second-order valence-corrected chi connectivity index (χ2v) is 3.64. The van der Waals surface area contributed by atoms with Crippen molar-refractivity contribution in [3.05, 3.63) is 41.7 Å². The minimum atomic E-state index is -0.0656. The molecule has 16 heavy (non-hydrogen) atoms. The molecule has 88 valence electrons. The highest BCUT2D eigenvalue weighted by Crippen LogP contribution is 2.10. The number of carbonyl (C=O) groups is 1. The van der Waals surface area contributed by atoms with E-state index in [0.29, 0.717) is 5.56 Å². The normalized spacial score (nSPS) is 10.8. The first kappa shape index (κ1) is 14.6. The van der Waals surface area contributed by atoms with E-state index in [1.54, 1.807) is 24.5 Å². The van der Waals surface area contributed by atoms with Crippen LogP contribution in [0.4, 0.5) is 0 Å². The quantitative estimate of drug-likeness (QED) is 0.570. The molecular formula is C14H21NO. The minimum absolute atomic E-state index is 0.0656. The van der Waals surface area contributed by atoms with Gasteiger partial charge >= 0.3 is 0 Å². The van der Waals surface area contributed by atoms with Gasteiger partial charge in [0.25, 0.3) is 0 Å². The van der Waals surface area contributed by atoms with Crippen molar-refractivity contribution in [2.45, 2.75) is 34.6 Å². The van der Waals surface area contributed by atoms with Gasteiger partial charge in [0, 0.05) is 23.9 Å². The molecule has 0 radical (unpaired) electrons. The van der Waals surface area contributed by atoms with Gasteiger partial charge in [-0.2, -0.15) is 0 Å². The lowest BCUT2D eigenvalue weighted by Crippen LogP contribution is -2.09. The van der Waals surface area contributed by atoms with Gasteiger partial charge in [-0.15, -0.1) is 0 Å². The Labute approximate surface area is 98.4 Å². The molecular weight excluding hydrogens is 198 g/mol. The van der Waals surface area contributed by atoms with Crippen LogP contribution >= 0.6 is 0 Å². The molecule has 0 aliphatic heterocycles. The van der Waals surface area contributed by atoms with Crippen molar-refractivity contribution in [3.63, 3.8) is 0 Å². The second kappa shape index (κ2) is 7.80. The molecule has 2 nitrogen and oxygen atoms in total. The average Bonchev–Trinajstić information content (AvgIpc) is 2.31. The maximum Gasteiger partial charge on any atom is 0.170 e. The molecule has 0 spiro atoms. The van der Waals surface area contributed by atoms with Gasteiger partial charge in [0.2, 0.25) is 0 Å². The third-order valence-corrected chi connectivity index (χ3v) is 1.94. The van der Waals surface area contributed by atoms with E-state index in [1.807, 2.05) is 40.7 Å².